The Labute approximate surface area is 285 Å². The molecule has 0 bridgehead atoms. The molecule has 3 aromatic rings. The van der Waals surface area contributed by atoms with Crippen LogP contribution < -0.4 is 5.73 Å². The summed E-state index contributed by atoms with van der Waals surface area (Å²) in [6.45, 7) is 4.24. The van der Waals surface area contributed by atoms with E-state index in [0.717, 1.165) is 36.0 Å². The van der Waals surface area contributed by atoms with Gasteiger partial charge in [-0.2, -0.15) is 0 Å². The van der Waals surface area contributed by atoms with Gasteiger partial charge in [-0.3, -0.25) is 28.9 Å². The number of hydroxylamine groups is 6. The van der Waals surface area contributed by atoms with Gasteiger partial charge < -0.3 is 5.73 Å². The van der Waals surface area contributed by atoms with Crippen LogP contribution in [0.4, 0.5) is 0 Å². The summed E-state index contributed by atoms with van der Waals surface area (Å²) >= 11 is 0. The summed E-state index contributed by atoms with van der Waals surface area (Å²) in [5.41, 5.74) is 8.57. The van der Waals surface area contributed by atoms with Crippen molar-refractivity contribution in [3.8, 4) is 0 Å². The fourth-order valence-electron chi connectivity index (χ4n) is 4.90. The van der Waals surface area contributed by atoms with E-state index in [2.05, 4.69) is 0 Å². The van der Waals surface area contributed by atoms with E-state index in [1.54, 1.807) is 0 Å². The standard InChI is InChI=1S/C38H52N4O6/c1-33(43)40(46-30-34-18-6-2-7-19-34)27-16-12-24-38(45)42(48-32-36-22-10-4-11-23-36)29-17-13-25-37(44)41(28-15-5-14-26-39)47-31-35-20-8-3-9-21-35/h2-4,6-11,18-23H,5,12-17,24-32,39H2,1H3. The summed E-state index contributed by atoms with van der Waals surface area (Å²) in [6, 6.07) is 29.1. The van der Waals surface area contributed by atoms with Crippen molar-refractivity contribution in [2.75, 3.05) is 26.2 Å². The van der Waals surface area contributed by atoms with E-state index in [1.807, 2.05) is 91.0 Å². The van der Waals surface area contributed by atoms with Crippen LogP contribution in [0.1, 0.15) is 81.4 Å². The molecule has 3 aromatic carbocycles. The predicted octanol–water partition coefficient (Wildman–Crippen LogP) is 6.36. The Hall–Kier alpha value is -4.09. The summed E-state index contributed by atoms with van der Waals surface area (Å²) < 4.78 is 0. The van der Waals surface area contributed by atoms with Crippen molar-refractivity contribution in [3.63, 3.8) is 0 Å². The number of carbonyl (C=O) groups is 3. The molecule has 0 aliphatic rings. The first-order chi connectivity index (χ1) is 23.5. The maximum absolute atomic E-state index is 13.3. The average molecular weight is 661 g/mol. The molecule has 0 radical (unpaired) electrons. The number of hydrogen-bond acceptors (Lipinski definition) is 7. The quantitative estimate of drug-likeness (QED) is 0.0879. The van der Waals surface area contributed by atoms with Crippen LogP contribution in [0.3, 0.4) is 0 Å². The Morgan fingerprint density at radius 1 is 0.500 bits per heavy atom. The lowest BCUT2D eigenvalue weighted by Gasteiger charge is -2.24. The van der Waals surface area contributed by atoms with Crippen LogP contribution in [0, 0.1) is 0 Å². The second-order valence-electron chi connectivity index (χ2n) is 11.7. The predicted molar refractivity (Wildman–Crippen MR) is 185 cm³/mol. The van der Waals surface area contributed by atoms with Gasteiger partial charge in [0.05, 0.1) is 0 Å². The van der Waals surface area contributed by atoms with Gasteiger partial charge in [-0.25, -0.2) is 15.2 Å². The van der Waals surface area contributed by atoms with Crippen LogP contribution in [0.25, 0.3) is 0 Å². The monoisotopic (exact) mass is 660 g/mol. The molecular formula is C38H52N4O6. The smallest absolute Gasteiger partial charge is 0.246 e. The third kappa shape index (κ3) is 15.7. The molecule has 3 amide bonds. The molecule has 0 heterocycles. The highest BCUT2D eigenvalue weighted by atomic mass is 16.7. The van der Waals surface area contributed by atoms with Gasteiger partial charge in [0, 0.05) is 39.4 Å². The van der Waals surface area contributed by atoms with Crippen LogP contribution in [0.2, 0.25) is 0 Å². The second-order valence-corrected chi connectivity index (χ2v) is 11.7. The number of unbranched alkanes of at least 4 members (excludes halogenated alkanes) is 4. The van der Waals surface area contributed by atoms with Crippen LogP contribution in [0.5, 0.6) is 0 Å². The van der Waals surface area contributed by atoms with Crippen LogP contribution in [0.15, 0.2) is 91.0 Å². The Balaban J connectivity index is 1.47. The number of amides is 3. The molecule has 0 fully saturated rings. The Morgan fingerprint density at radius 3 is 1.23 bits per heavy atom. The number of nitrogens with zero attached hydrogens (tertiary/aromatic N) is 3. The van der Waals surface area contributed by atoms with Gasteiger partial charge >= 0.3 is 0 Å². The minimum Gasteiger partial charge on any atom is -0.330 e. The van der Waals surface area contributed by atoms with E-state index in [0.29, 0.717) is 71.5 Å². The lowest BCUT2D eigenvalue weighted by molar-refractivity contribution is -0.194. The first-order valence-corrected chi connectivity index (χ1v) is 17.1. The fourth-order valence-corrected chi connectivity index (χ4v) is 4.90. The Bertz CT molecular complexity index is 1310. The summed E-state index contributed by atoms with van der Waals surface area (Å²) in [5.74, 6) is -0.393. The van der Waals surface area contributed by atoms with E-state index in [-0.39, 0.29) is 30.7 Å². The van der Waals surface area contributed by atoms with Gasteiger partial charge in [0.25, 0.3) is 0 Å². The van der Waals surface area contributed by atoms with Crippen molar-refractivity contribution in [2.45, 2.75) is 84.5 Å². The highest BCUT2D eigenvalue weighted by Gasteiger charge is 2.18. The van der Waals surface area contributed by atoms with Crippen molar-refractivity contribution >= 4 is 17.7 Å². The molecule has 0 aliphatic carbocycles. The van der Waals surface area contributed by atoms with Gasteiger partial charge in [-0.05, 0) is 61.8 Å². The number of benzene rings is 3. The first-order valence-electron chi connectivity index (χ1n) is 17.1. The second kappa shape index (κ2) is 23.3. The molecule has 0 saturated carbocycles. The normalized spacial score (nSPS) is 10.9. The van der Waals surface area contributed by atoms with Crippen molar-refractivity contribution in [2.24, 2.45) is 5.73 Å². The summed E-state index contributed by atoms with van der Waals surface area (Å²) in [4.78, 5) is 56.1. The zero-order chi connectivity index (χ0) is 34.2. The largest absolute Gasteiger partial charge is 0.330 e. The molecule has 48 heavy (non-hydrogen) atoms. The molecule has 0 aromatic heterocycles. The molecule has 0 aliphatic heterocycles. The topological polar surface area (TPSA) is 115 Å². The molecule has 0 atom stereocenters. The van der Waals surface area contributed by atoms with Crippen LogP contribution in [-0.4, -0.2) is 59.1 Å². The van der Waals surface area contributed by atoms with Gasteiger partial charge in [0.15, 0.2) is 0 Å². The van der Waals surface area contributed by atoms with E-state index in [1.165, 1.54) is 22.1 Å². The Kier molecular flexibility index (Phi) is 18.6. The lowest BCUT2D eigenvalue weighted by Crippen LogP contribution is -2.33. The van der Waals surface area contributed by atoms with Gasteiger partial charge in [0.1, 0.15) is 19.8 Å². The van der Waals surface area contributed by atoms with Gasteiger partial charge in [-0.15, -0.1) is 0 Å². The molecule has 10 heteroatoms. The zero-order valence-electron chi connectivity index (χ0n) is 28.3. The molecule has 10 nitrogen and oxygen atoms in total. The summed E-state index contributed by atoms with van der Waals surface area (Å²) in [5, 5.41) is 4.25. The lowest BCUT2D eigenvalue weighted by atomic mass is 10.2. The maximum atomic E-state index is 13.3. The highest BCUT2D eigenvalue weighted by molar-refractivity contribution is 5.75. The van der Waals surface area contributed by atoms with Gasteiger partial charge in [0.2, 0.25) is 17.7 Å². The van der Waals surface area contributed by atoms with Crippen molar-refractivity contribution in [3.05, 3.63) is 108 Å². The van der Waals surface area contributed by atoms with Crippen LogP contribution in [-0.2, 0) is 48.7 Å². The molecule has 0 saturated heterocycles. The number of hydrogen-bond donors (Lipinski definition) is 1. The molecule has 0 unspecified atom stereocenters. The number of nitrogens with two attached hydrogens (primary N) is 1. The van der Waals surface area contributed by atoms with Crippen molar-refractivity contribution in [1.29, 1.82) is 0 Å². The van der Waals surface area contributed by atoms with Crippen molar-refractivity contribution in [1.82, 2.24) is 15.2 Å². The fraction of sp³-hybridized carbons (Fsp3) is 0.447. The van der Waals surface area contributed by atoms with Gasteiger partial charge in [-0.1, -0.05) is 97.4 Å². The molecule has 2 N–H and O–H groups in total. The minimum absolute atomic E-state index is 0.0775. The first kappa shape index (κ1) is 38.4. The average Bonchev–Trinajstić information content (AvgIpc) is 3.11. The molecule has 3 rings (SSSR count). The van der Waals surface area contributed by atoms with Crippen LogP contribution >= 0.6 is 0 Å². The molecular weight excluding hydrogens is 608 g/mol. The summed E-state index contributed by atoms with van der Waals surface area (Å²) in [6.07, 6.45) is 5.57. The van der Waals surface area contributed by atoms with E-state index in [9.17, 15) is 14.4 Å². The molecule has 0 spiro atoms. The maximum Gasteiger partial charge on any atom is 0.246 e. The third-order valence-electron chi connectivity index (χ3n) is 7.67. The zero-order valence-corrected chi connectivity index (χ0v) is 28.3. The highest BCUT2D eigenvalue weighted by Crippen LogP contribution is 2.13. The van der Waals surface area contributed by atoms with E-state index < -0.39 is 0 Å². The van der Waals surface area contributed by atoms with Crippen molar-refractivity contribution < 1.29 is 28.9 Å². The third-order valence-corrected chi connectivity index (χ3v) is 7.67. The number of carbonyl (C=O) groups excluding carboxylic acids is 3. The van der Waals surface area contributed by atoms with E-state index >= 15 is 0 Å². The SMILES string of the molecule is CC(=O)N(CCCCC(=O)N(CCCCC(=O)N(CCCCCN)OCc1ccccc1)OCc1ccccc1)OCc1ccccc1. The van der Waals surface area contributed by atoms with E-state index in [4.69, 9.17) is 20.2 Å². The number of rotatable bonds is 24. The molecule has 260 valence electrons. The summed E-state index contributed by atoms with van der Waals surface area (Å²) in [7, 11) is 0. The minimum atomic E-state index is -0.181. The Morgan fingerprint density at radius 2 is 0.854 bits per heavy atom.